The van der Waals surface area contributed by atoms with Crippen LogP contribution in [0.5, 0.6) is 0 Å². The maximum Gasteiger partial charge on any atom is 0.251 e. The van der Waals surface area contributed by atoms with E-state index in [1.54, 1.807) is 7.11 Å². The molecule has 0 aliphatic heterocycles. The van der Waals surface area contributed by atoms with Crippen LogP contribution in [0.15, 0.2) is 12.1 Å². The Kier molecular flexibility index (Phi) is 5.63. The van der Waals surface area contributed by atoms with Crippen LogP contribution in [0.1, 0.15) is 27.0 Å². The fraction of sp³-hybridized carbons (Fsp3) is 0.500. The molecule has 1 atom stereocenters. The fourth-order valence-corrected chi connectivity index (χ4v) is 2.27. The lowest BCUT2D eigenvalue weighted by atomic mass is 9.99. The van der Waals surface area contributed by atoms with Gasteiger partial charge in [0.15, 0.2) is 0 Å². The second kappa shape index (κ2) is 6.76. The number of carbonyl (C=O) groups is 1. The normalized spacial score (nSPS) is 12.3. The number of benzene rings is 1. The topological polar surface area (TPSA) is 38.3 Å². The van der Waals surface area contributed by atoms with Crippen molar-refractivity contribution in [3.05, 3.63) is 34.4 Å². The van der Waals surface area contributed by atoms with Gasteiger partial charge < -0.3 is 10.1 Å². The summed E-state index contributed by atoms with van der Waals surface area (Å²) in [6.45, 7) is 6.74. The molecule has 0 aliphatic carbocycles. The lowest BCUT2D eigenvalue weighted by Crippen LogP contribution is -2.32. The summed E-state index contributed by atoms with van der Waals surface area (Å²) >= 11 is 5.98. The first kappa shape index (κ1) is 15.0. The standard InChI is InChI=1S/C14H20ClNO2/c1-9-5-10(2)13(11(3)6-9)14(17)16-7-12(15)8-18-4/h5-6,12H,7-8H2,1-4H3,(H,16,17). The smallest absolute Gasteiger partial charge is 0.251 e. The van der Waals surface area contributed by atoms with Crippen molar-refractivity contribution >= 4 is 17.5 Å². The molecule has 1 aromatic carbocycles. The molecular weight excluding hydrogens is 250 g/mol. The van der Waals surface area contributed by atoms with Crippen molar-refractivity contribution < 1.29 is 9.53 Å². The number of carbonyl (C=O) groups excluding carboxylic acids is 1. The van der Waals surface area contributed by atoms with Crippen LogP contribution in [0, 0.1) is 20.8 Å². The van der Waals surface area contributed by atoms with E-state index in [4.69, 9.17) is 16.3 Å². The Bertz CT molecular complexity index is 409. The average molecular weight is 270 g/mol. The van der Waals surface area contributed by atoms with E-state index in [0.29, 0.717) is 13.2 Å². The van der Waals surface area contributed by atoms with Gasteiger partial charge in [-0.2, -0.15) is 0 Å². The molecular formula is C14H20ClNO2. The van der Waals surface area contributed by atoms with E-state index in [2.05, 4.69) is 5.32 Å². The summed E-state index contributed by atoms with van der Waals surface area (Å²) in [6, 6.07) is 4.02. The first-order valence-corrected chi connectivity index (χ1v) is 6.38. The van der Waals surface area contributed by atoms with Gasteiger partial charge >= 0.3 is 0 Å². The number of hydrogen-bond donors (Lipinski definition) is 1. The van der Waals surface area contributed by atoms with E-state index in [-0.39, 0.29) is 11.3 Å². The third-order valence-electron chi connectivity index (χ3n) is 2.74. The molecule has 0 saturated carbocycles. The summed E-state index contributed by atoms with van der Waals surface area (Å²) in [4.78, 5) is 12.1. The molecule has 1 aromatic rings. The summed E-state index contributed by atoms with van der Waals surface area (Å²) in [5.41, 5.74) is 3.88. The molecule has 0 aliphatic rings. The summed E-state index contributed by atoms with van der Waals surface area (Å²) in [5.74, 6) is -0.0771. The minimum atomic E-state index is -0.204. The molecule has 3 nitrogen and oxygen atoms in total. The minimum absolute atomic E-state index is 0.0771. The fourth-order valence-electron chi connectivity index (χ4n) is 2.07. The molecule has 0 heterocycles. The van der Waals surface area contributed by atoms with Crippen molar-refractivity contribution in [3.63, 3.8) is 0 Å². The largest absolute Gasteiger partial charge is 0.383 e. The van der Waals surface area contributed by atoms with Gasteiger partial charge in [0, 0.05) is 19.2 Å². The van der Waals surface area contributed by atoms with Crippen molar-refractivity contribution in [2.75, 3.05) is 20.3 Å². The summed E-state index contributed by atoms with van der Waals surface area (Å²) in [6.07, 6.45) is 0. The monoisotopic (exact) mass is 269 g/mol. The molecule has 4 heteroatoms. The number of rotatable bonds is 5. The Morgan fingerprint density at radius 3 is 2.39 bits per heavy atom. The van der Waals surface area contributed by atoms with Gasteiger partial charge in [-0.25, -0.2) is 0 Å². The molecule has 0 fully saturated rings. The minimum Gasteiger partial charge on any atom is -0.383 e. The molecule has 1 unspecified atom stereocenters. The molecule has 0 radical (unpaired) electrons. The number of halogens is 1. The quantitative estimate of drug-likeness (QED) is 0.835. The van der Waals surface area contributed by atoms with Gasteiger partial charge in [0.2, 0.25) is 0 Å². The van der Waals surface area contributed by atoms with Crippen molar-refractivity contribution in [1.82, 2.24) is 5.32 Å². The number of nitrogens with one attached hydrogen (secondary N) is 1. The van der Waals surface area contributed by atoms with Gasteiger partial charge in [0.25, 0.3) is 5.91 Å². The van der Waals surface area contributed by atoms with Crippen molar-refractivity contribution in [2.24, 2.45) is 0 Å². The van der Waals surface area contributed by atoms with E-state index in [1.165, 1.54) is 0 Å². The van der Waals surface area contributed by atoms with Gasteiger partial charge in [-0.05, 0) is 31.9 Å². The van der Waals surface area contributed by atoms with E-state index in [1.807, 2.05) is 32.9 Å². The number of ether oxygens (including phenoxy) is 1. The van der Waals surface area contributed by atoms with Gasteiger partial charge in [-0.1, -0.05) is 17.7 Å². The van der Waals surface area contributed by atoms with Crippen LogP contribution in [0.25, 0.3) is 0 Å². The van der Waals surface area contributed by atoms with Crippen LogP contribution in [-0.4, -0.2) is 31.5 Å². The van der Waals surface area contributed by atoms with Gasteiger partial charge in [-0.15, -0.1) is 11.6 Å². The third-order valence-corrected chi connectivity index (χ3v) is 3.02. The summed E-state index contributed by atoms with van der Waals surface area (Å²) in [5, 5.41) is 2.63. The summed E-state index contributed by atoms with van der Waals surface area (Å²) < 4.78 is 4.92. The van der Waals surface area contributed by atoms with Crippen LogP contribution >= 0.6 is 11.6 Å². The van der Waals surface area contributed by atoms with Crippen LogP contribution in [0.4, 0.5) is 0 Å². The Morgan fingerprint density at radius 1 is 1.33 bits per heavy atom. The van der Waals surface area contributed by atoms with Gasteiger partial charge in [-0.3, -0.25) is 4.79 Å². The van der Waals surface area contributed by atoms with E-state index in [9.17, 15) is 4.79 Å². The zero-order valence-corrected chi connectivity index (χ0v) is 12.1. The number of aryl methyl sites for hydroxylation is 3. The molecule has 1 amide bonds. The molecule has 0 saturated heterocycles. The Morgan fingerprint density at radius 2 is 1.89 bits per heavy atom. The first-order valence-electron chi connectivity index (χ1n) is 5.94. The SMILES string of the molecule is COCC(Cl)CNC(=O)c1c(C)cc(C)cc1C. The van der Waals surface area contributed by atoms with E-state index in [0.717, 1.165) is 22.3 Å². The molecule has 18 heavy (non-hydrogen) atoms. The second-order valence-corrected chi connectivity index (χ2v) is 5.15. The maximum absolute atomic E-state index is 12.1. The highest BCUT2D eigenvalue weighted by molar-refractivity contribution is 6.21. The number of methoxy groups -OCH3 is 1. The summed E-state index contributed by atoms with van der Waals surface area (Å²) in [7, 11) is 1.59. The molecule has 0 spiro atoms. The van der Waals surface area contributed by atoms with E-state index < -0.39 is 0 Å². The average Bonchev–Trinajstić information content (AvgIpc) is 2.25. The van der Waals surface area contributed by atoms with Crippen LogP contribution < -0.4 is 5.32 Å². The first-order chi connectivity index (χ1) is 8.45. The highest BCUT2D eigenvalue weighted by Crippen LogP contribution is 2.16. The Balaban J connectivity index is 2.73. The van der Waals surface area contributed by atoms with Crippen molar-refractivity contribution in [1.29, 1.82) is 0 Å². The zero-order valence-electron chi connectivity index (χ0n) is 11.3. The molecule has 0 aromatic heterocycles. The zero-order chi connectivity index (χ0) is 13.7. The predicted octanol–water partition coefficient (Wildman–Crippen LogP) is 2.60. The highest BCUT2D eigenvalue weighted by Gasteiger charge is 2.14. The third kappa shape index (κ3) is 4.00. The van der Waals surface area contributed by atoms with Crippen LogP contribution in [-0.2, 0) is 4.74 Å². The molecule has 100 valence electrons. The molecule has 0 bridgehead atoms. The second-order valence-electron chi connectivity index (χ2n) is 4.54. The van der Waals surface area contributed by atoms with Crippen molar-refractivity contribution in [3.8, 4) is 0 Å². The van der Waals surface area contributed by atoms with Crippen LogP contribution in [0.3, 0.4) is 0 Å². The number of alkyl halides is 1. The number of hydrogen-bond acceptors (Lipinski definition) is 2. The lowest BCUT2D eigenvalue weighted by Gasteiger charge is -2.13. The molecule has 1 rings (SSSR count). The van der Waals surface area contributed by atoms with Crippen LogP contribution in [0.2, 0.25) is 0 Å². The predicted molar refractivity (Wildman–Crippen MR) is 74.5 cm³/mol. The number of amides is 1. The lowest BCUT2D eigenvalue weighted by molar-refractivity contribution is 0.0948. The Labute approximate surface area is 113 Å². The van der Waals surface area contributed by atoms with E-state index >= 15 is 0 Å². The van der Waals surface area contributed by atoms with Gasteiger partial charge in [0.1, 0.15) is 0 Å². The molecule has 1 N–H and O–H groups in total. The Hall–Kier alpha value is -1.06. The van der Waals surface area contributed by atoms with Crippen molar-refractivity contribution in [2.45, 2.75) is 26.1 Å². The highest BCUT2D eigenvalue weighted by atomic mass is 35.5. The maximum atomic E-state index is 12.1. The van der Waals surface area contributed by atoms with Gasteiger partial charge in [0.05, 0.1) is 12.0 Å².